The van der Waals surface area contributed by atoms with Gasteiger partial charge in [-0.05, 0) is 49.8 Å². The van der Waals surface area contributed by atoms with E-state index in [9.17, 15) is 9.18 Å². The van der Waals surface area contributed by atoms with Crippen molar-refractivity contribution in [2.75, 3.05) is 13.2 Å². The number of halogens is 2. The molecule has 0 aliphatic rings. The van der Waals surface area contributed by atoms with E-state index in [4.69, 9.17) is 31.1 Å². The first-order valence-corrected chi connectivity index (χ1v) is 8.99. The lowest BCUT2D eigenvalue weighted by molar-refractivity contribution is -0.137. The fraction of sp³-hybridized carbons (Fsp3) is 0.238. The first-order chi connectivity index (χ1) is 13.5. The lowest BCUT2D eigenvalue weighted by Gasteiger charge is -2.14. The highest BCUT2D eigenvalue weighted by molar-refractivity contribution is 6.31. The summed E-state index contributed by atoms with van der Waals surface area (Å²) < 4.78 is 30.0. The summed E-state index contributed by atoms with van der Waals surface area (Å²) in [6.07, 6.45) is 1.40. The summed E-state index contributed by atoms with van der Waals surface area (Å²) in [7, 11) is 0. The van der Waals surface area contributed by atoms with Crippen molar-refractivity contribution in [3.8, 4) is 17.6 Å². The van der Waals surface area contributed by atoms with Gasteiger partial charge < -0.3 is 14.2 Å². The molecule has 146 valence electrons. The Labute approximate surface area is 167 Å². The van der Waals surface area contributed by atoms with Crippen LogP contribution in [-0.4, -0.2) is 19.2 Å². The number of ether oxygens (including phenoxy) is 3. The quantitative estimate of drug-likeness (QED) is 0.355. The van der Waals surface area contributed by atoms with Gasteiger partial charge in [-0.2, -0.15) is 5.26 Å². The molecule has 28 heavy (non-hydrogen) atoms. The van der Waals surface area contributed by atoms with Crippen LogP contribution in [0.4, 0.5) is 4.39 Å². The second-order valence-electron chi connectivity index (χ2n) is 5.52. The predicted octanol–water partition coefficient (Wildman–Crippen LogP) is 4.93. The second kappa shape index (κ2) is 10.3. The first kappa shape index (κ1) is 21.3. The van der Waals surface area contributed by atoms with E-state index in [0.29, 0.717) is 23.7 Å². The maximum Gasteiger partial charge on any atom is 0.348 e. The van der Waals surface area contributed by atoms with Crippen LogP contribution in [0.3, 0.4) is 0 Å². The minimum atomic E-state index is -0.697. The topological polar surface area (TPSA) is 68.6 Å². The molecule has 0 saturated carbocycles. The van der Waals surface area contributed by atoms with E-state index in [-0.39, 0.29) is 29.4 Å². The molecular formula is C21H19ClFNO4. The predicted molar refractivity (Wildman–Crippen MR) is 104 cm³/mol. The van der Waals surface area contributed by atoms with Gasteiger partial charge in [0.2, 0.25) is 0 Å². The van der Waals surface area contributed by atoms with Crippen molar-refractivity contribution >= 4 is 23.6 Å². The average Bonchev–Trinajstić information content (AvgIpc) is 2.67. The molecule has 0 fully saturated rings. The van der Waals surface area contributed by atoms with Crippen LogP contribution in [0, 0.1) is 17.1 Å². The van der Waals surface area contributed by atoms with E-state index < -0.39 is 11.8 Å². The fourth-order valence-corrected chi connectivity index (χ4v) is 2.55. The lowest BCUT2D eigenvalue weighted by Crippen LogP contribution is -2.06. The molecule has 0 N–H and O–H groups in total. The standard InChI is InChI=1S/C21H19ClFNO4/c1-3-26-20-11-14(10-15(12-24)21(25)27-4-2)8-9-19(20)28-13-16-17(22)6-5-7-18(16)23/h5-11H,3-4,13H2,1-2H3/b15-10-. The van der Waals surface area contributed by atoms with E-state index in [0.717, 1.165) is 0 Å². The lowest BCUT2D eigenvalue weighted by atomic mass is 10.1. The zero-order valence-electron chi connectivity index (χ0n) is 15.5. The van der Waals surface area contributed by atoms with E-state index in [1.165, 1.54) is 18.2 Å². The number of hydrogen-bond donors (Lipinski definition) is 0. The maximum absolute atomic E-state index is 13.9. The van der Waals surface area contributed by atoms with Gasteiger partial charge in [0.15, 0.2) is 11.5 Å². The molecule has 0 heterocycles. The molecule has 7 heteroatoms. The highest BCUT2D eigenvalue weighted by Crippen LogP contribution is 2.31. The van der Waals surface area contributed by atoms with Gasteiger partial charge in [0, 0.05) is 5.56 Å². The number of rotatable bonds is 8. The monoisotopic (exact) mass is 403 g/mol. The molecule has 0 aliphatic heterocycles. The van der Waals surface area contributed by atoms with Crippen LogP contribution in [0.5, 0.6) is 11.5 Å². The Bertz CT molecular complexity index is 901. The molecule has 2 aromatic rings. The number of carbonyl (C=O) groups is 1. The summed E-state index contributed by atoms with van der Waals surface area (Å²) >= 11 is 6.02. The third-order valence-electron chi connectivity index (χ3n) is 3.63. The van der Waals surface area contributed by atoms with Crippen LogP contribution in [0.1, 0.15) is 25.0 Å². The second-order valence-corrected chi connectivity index (χ2v) is 5.93. The number of nitrogens with zero attached hydrogens (tertiary/aromatic N) is 1. The number of carbonyl (C=O) groups excluding carboxylic acids is 1. The summed E-state index contributed by atoms with van der Waals surface area (Å²) in [5.74, 6) is -0.381. The van der Waals surface area contributed by atoms with E-state index >= 15 is 0 Å². The molecular weight excluding hydrogens is 385 g/mol. The van der Waals surface area contributed by atoms with Crippen molar-refractivity contribution < 1.29 is 23.4 Å². The first-order valence-electron chi connectivity index (χ1n) is 8.61. The van der Waals surface area contributed by atoms with Crippen molar-refractivity contribution in [1.29, 1.82) is 5.26 Å². The number of benzene rings is 2. The molecule has 2 rings (SSSR count). The average molecular weight is 404 g/mol. The van der Waals surface area contributed by atoms with Crippen LogP contribution in [0.15, 0.2) is 42.0 Å². The molecule has 0 amide bonds. The summed E-state index contributed by atoms with van der Waals surface area (Å²) in [6, 6.07) is 11.1. The minimum absolute atomic E-state index is 0.0764. The largest absolute Gasteiger partial charge is 0.490 e. The van der Waals surface area contributed by atoms with E-state index in [1.54, 1.807) is 38.1 Å². The molecule has 5 nitrogen and oxygen atoms in total. The molecule has 0 spiro atoms. The third-order valence-corrected chi connectivity index (χ3v) is 3.98. The molecule has 0 radical (unpaired) electrons. The van der Waals surface area contributed by atoms with Crippen molar-refractivity contribution in [2.24, 2.45) is 0 Å². The van der Waals surface area contributed by atoms with Crippen molar-refractivity contribution in [3.63, 3.8) is 0 Å². The Hall–Kier alpha value is -3.04. The van der Waals surface area contributed by atoms with Crippen molar-refractivity contribution in [1.82, 2.24) is 0 Å². The number of hydrogen-bond acceptors (Lipinski definition) is 5. The summed E-state index contributed by atoms with van der Waals surface area (Å²) in [5, 5.41) is 9.42. The Morgan fingerprint density at radius 3 is 2.61 bits per heavy atom. The summed E-state index contributed by atoms with van der Waals surface area (Å²) in [6.45, 7) is 3.93. The van der Waals surface area contributed by atoms with Gasteiger partial charge in [0.1, 0.15) is 24.1 Å². The minimum Gasteiger partial charge on any atom is -0.490 e. The Balaban J connectivity index is 2.27. The van der Waals surface area contributed by atoms with Gasteiger partial charge in [-0.15, -0.1) is 0 Å². The van der Waals surface area contributed by atoms with Crippen LogP contribution in [0.2, 0.25) is 5.02 Å². The molecule has 0 saturated heterocycles. The van der Waals surface area contributed by atoms with Gasteiger partial charge in [-0.25, -0.2) is 9.18 Å². The van der Waals surface area contributed by atoms with Gasteiger partial charge in [0.05, 0.1) is 18.2 Å². The smallest absolute Gasteiger partial charge is 0.348 e. The van der Waals surface area contributed by atoms with Crippen LogP contribution in [-0.2, 0) is 16.1 Å². The third kappa shape index (κ3) is 5.48. The molecule has 2 aromatic carbocycles. The summed E-state index contributed by atoms with van der Waals surface area (Å²) in [5.41, 5.74) is 0.671. The highest BCUT2D eigenvalue weighted by atomic mass is 35.5. The normalized spacial score (nSPS) is 10.9. The van der Waals surface area contributed by atoms with Gasteiger partial charge >= 0.3 is 5.97 Å². The number of esters is 1. The van der Waals surface area contributed by atoms with Gasteiger partial charge in [-0.3, -0.25) is 0 Å². The Kier molecular flexibility index (Phi) is 7.85. The molecule has 0 bridgehead atoms. The van der Waals surface area contributed by atoms with Crippen LogP contribution < -0.4 is 9.47 Å². The van der Waals surface area contributed by atoms with E-state index in [2.05, 4.69) is 0 Å². The number of nitriles is 1. The van der Waals surface area contributed by atoms with E-state index in [1.807, 2.05) is 6.07 Å². The Morgan fingerprint density at radius 1 is 1.18 bits per heavy atom. The highest BCUT2D eigenvalue weighted by Gasteiger charge is 2.13. The van der Waals surface area contributed by atoms with Crippen molar-refractivity contribution in [2.45, 2.75) is 20.5 Å². The van der Waals surface area contributed by atoms with Crippen LogP contribution >= 0.6 is 11.6 Å². The SMILES string of the molecule is CCOC(=O)/C(C#N)=C\c1ccc(OCc2c(F)cccc2Cl)c(OCC)c1. The van der Waals surface area contributed by atoms with Gasteiger partial charge in [-0.1, -0.05) is 23.7 Å². The summed E-state index contributed by atoms with van der Waals surface area (Å²) in [4.78, 5) is 11.8. The molecule has 0 aliphatic carbocycles. The van der Waals surface area contributed by atoms with Crippen molar-refractivity contribution in [3.05, 3.63) is 63.9 Å². The molecule has 0 unspecified atom stereocenters. The Morgan fingerprint density at radius 2 is 1.96 bits per heavy atom. The zero-order valence-corrected chi connectivity index (χ0v) is 16.3. The fourth-order valence-electron chi connectivity index (χ4n) is 2.33. The van der Waals surface area contributed by atoms with Crippen LogP contribution in [0.25, 0.3) is 6.08 Å². The molecule has 0 aromatic heterocycles. The van der Waals surface area contributed by atoms with Gasteiger partial charge in [0.25, 0.3) is 0 Å². The maximum atomic E-state index is 13.9. The zero-order chi connectivity index (χ0) is 20.5. The molecule has 0 atom stereocenters.